The zero-order valence-corrected chi connectivity index (χ0v) is 9.68. The van der Waals surface area contributed by atoms with Crippen molar-refractivity contribution in [1.29, 1.82) is 0 Å². The molecule has 0 aromatic heterocycles. The molecule has 2 unspecified atom stereocenters. The van der Waals surface area contributed by atoms with Gasteiger partial charge in [-0.05, 0) is 31.7 Å². The highest BCUT2D eigenvalue weighted by molar-refractivity contribution is 4.92. The Morgan fingerprint density at radius 1 is 1.50 bits per heavy atom. The molecule has 1 fully saturated rings. The summed E-state index contributed by atoms with van der Waals surface area (Å²) in [6, 6.07) is 0. The molecule has 1 rings (SSSR count). The predicted octanol–water partition coefficient (Wildman–Crippen LogP) is 2.32. The molecule has 0 aromatic carbocycles. The van der Waals surface area contributed by atoms with Gasteiger partial charge in [0.2, 0.25) is 0 Å². The van der Waals surface area contributed by atoms with Gasteiger partial charge in [-0.15, -0.1) is 0 Å². The third-order valence-corrected chi connectivity index (χ3v) is 3.42. The van der Waals surface area contributed by atoms with Crippen LogP contribution in [0.1, 0.15) is 52.4 Å². The standard InChI is InChI=1S/C12H25NO/c1-3-4-8-13-12(10-14)7-5-6-11(2)9-12/h11,13-14H,3-10H2,1-2H3. The van der Waals surface area contributed by atoms with Crippen LogP contribution in [-0.4, -0.2) is 23.8 Å². The average Bonchev–Trinajstić information content (AvgIpc) is 2.18. The van der Waals surface area contributed by atoms with E-state index in [4.69, 9.17) is 0 Å². The van der Waals surface area contributed by atoms with E-state index in [1.165, 1.54) is 25.7 Å². The molecular weight excluding hydrogens is 174 g/mol. The van der Waals surface area contributed by atoms with Gasteiger partial charge in [-0.25, -0.2) is 0 Å². The van der Waals surface area contributed by atoms with Crippen LogP contribution < -0.4 is 5.32 Å². The Labute approximate surface area is 88.1 Å². The lowest BCUT2D eigenvalue weighted by Gasteiger charge is -2.39. The summed E-state index contributed by atoms with van der Waals surface area (Å²) in [5.41, 5.74) is 0.0484. The van der Waals surface area contributed by atoms with Crippen LogP contribution in [0.2, 0.25) is 0 Å². The monoisotopic (exact) mass is 199 g/mol. The summed E-state index contributed by atoms with van der Waals surface area (Å²) >= 11 is 0. The fourth-order valence-electron chi connectivity index (χ4n) is 2.55. The minimum absolute atomic E-state index is 0.0484. The van der Waals surface area contributed by atoms with Crippen LogP contribution in [0.3, 0.4) is 0 Å². The number of hydrogen-bond donors (Lipinski definition) is 2. The van der Waals surface area contributed by atoms with Crippen molar-refractivity contribution < 1.29 is 5.11 Å². The van der Waals surface area contributed by atoms with Crippen molar-refractivity contribution >= 4 is 0 Å². The van der Waals surface area contributed by atoms with E-state index < -0.39 is 0 Å². The zero-order valence-electron chi connectivity index (χ0n) is 9.68. The minimum Gasteiger partial charge on any atom is -0.394 e. The molecule has 2 heteroatoms. The number of hydrogen-bond acceptors (Lipinski definition) is 2. The fraction of sp³-hybridized carbons (Fsp3) is 1.00. The number of aliphatic hydroxyl groups excluding tert-OH is 1. The van der Waals surface area contributed by atoms with Crippen LogP contribution in [-0.2, 0) is 0 Å². The topological polar surface area (TPSA) is 32.3 Å². The molecular formula is C12H25NO. The fourth-order valence-corrected chi connectivity index (χ4v) is 2.55. The first-order valence-electron chi connectivity index (χ1n) is 6.08. The van der Waals surface area contributed by atoms with E-state index in [2.05, 4.69) is 19.2 Å². The van der Waals surface area contributed by atoms with E-state index in [0.717, 1.165) is 25.3 Å². The summed E-state index contributed by atoms with van der Waals surface area (Å²) in [4.78, 5) is 0. The molecule has 0 bridgehead atoms. The first-order valence-corrected chi connectivity index (χ1v) is 6.08. The van der Waals surface area contributed by atoms with Gasteiger partial charge in [0.1, 0.15) is 0 Å². The SMILES string of the molecule is CCCCNC1(CO)CCCC(C)C1. The summed E-state index contributed by atoms with van der Waals surface area (Å²) in [7, 11) is 0. The second kappa shape index (κ2) is 5.72. The maximum absolute atomic E-state index is 9.50. The first kappa shape index (κ1) is 12.0. The molecule has 2 atom stereocenters. The Balaban J connectivity index is 2.39. The second-order valence-electron chi connectivity index (χ2n) is 4.92. The molecule has 14 heavy (non-hydrogen) atoms. The lowest BCUT2D eigenvalue weighted by molar-refractivity contribution is 0.0997. The maximum Gasteiger partial charge on any atom is 0.0613 e. The maximum atomic E-state index is 9.50. The molecule has 2 N–H and O–H groups in total. The van der Waals surface area contributed by atoms with Crippen LogP contribution in [0, 0.1) is 5.92 Å². The summed E-state index contributed by atoms with van der Waals surface area (Å²) in [6.45, 7) is 5.87. The van der Waals surface area contributed by atoms with E-state index in [1.807, 2.05) is 0 Å². The highest BCUT2D eigenvalue weighted by Crippen LogP contribution is 2.31. The van der Waals surface area contributed by atoms with Crippen LogP contribution in [0.25, 0.3) is 0 Å². The lowest BCUT2D eigenvalue weighted by atomic mass is 9.77. The highest BCUT2D eigenvalue weighted by atomic mass is 16.3. The molecule has 0 saturated heterocycles. The van der Waals surface area contributed by atoms with Crippen LogP contribution in [0.4, 0.5) is 0 Å². The molecule has 0 heterocycles. The molecule has 1 aliphatic rings. The molecule has 1 aliphatic carbocycles. The normalized spacial score (nSPS) is 33.2. The van der Waals surface area contributed by atoms with Gasteiger partial charge in [-0.2, -0.15) is 0 Å². The van der Waals surface area contributed by atoms with Crippen molar-refractivity contribution in [1.82, 2.24) is 5.32 Å². The third kappa shape index (κ3) is 3.25. The molecule has 84 valence electrons. The molecule has 0 aliphatic heterocycles. The van der Waals surface area contributed by atoms with Gasteiger partial charge < -0.3 is 10.4 Å². The van der Waals surface area contributed by atoms with Crippen LogP contribution in [0.5, 0.6) is 0 Å². The largest absolute Gasteiger partial charge is 0.394 e. The Kier molecular flexibility index (Phi) is 4.90. The average molecular weight is 199 g/mol. The van der Waals surface area contributed by atoms with Crippen LogP contribution >= 0.6 is 0 Å². The van der Waals surface area contributed by atoms with Crippen molar-refractivity contribution in [2.75, 3.05) is 13.2 Å². The molecule has 0 amide bonds. The summed E-state index contributed by atoms with van der Waals surface area (Å²) < 4.78 is 0. The smallest absolute Gasteiger partial charge is 0.0613 e. The number of rotatable bonds is 5. The minimum atomic E-state index is 0.0484. The Morgan fingerprint density at radius 2 is 2.29 bits per heavy atom. The van der Waals surface area contributed by atoms with Crippen molar-refractivity contribution in [2.24, 2.45) is 5.92 Å². The van der Waals surface area contributed by atoms with E-state index in [0.29, 0.717) is 6.61 Å². The second-order valence-corrected chi connectivity index (χ2v) is 4.92. The van der Waals surface area contributed by atoms with Crippen molar-refractivity contribution in [3.05, 3.63) is 0 Å². The van der Waals surface area contributed by atoms with Gasteiger partial charge >= 0.3 is 0 Å². The number of unbranched alkanes of at least 4 members (excludes halogenated alkanes) is 1. The van der Waals surface area contributed by atoms with E-state index in [1.54, 1.807) is 0 Å². The van der Waals surface area contributed by atoms with Gasteiger partial charge in [-0.3, -0.25) is 0 Å². The Morgan fingerprint density at radius 3 is 2.86 bits per heavy atom. The van der Waals surface area contributed by atoms with E-state index >= 15 is 0 Å². The predicted molar refractivity (Wildman–Crippen MR) is 60.4 cm³/mol. The van der Waals surface area contributed by atoms with Gasteiger partial charge in [0, 0.05) is 5.54 Å². The van der Waals surface area contributed by atoms with Gasteiger partial charge in [0.15, 0.2) is 0 Å². The summed E-state index contributed by atoms with van der Waals surface area (Å²) in [5, 5.41) is 13.1. The highest BCUT2D eigenvalue weighted by Gasteiger charge is 2.33. The Hall–Kier alpha value is -0.0800. The summed E-state index contributed by atoms with van der Waals surface area (Å²) in [5.74, 6) is 0.769. The molecule has 1 saturated carbocycles. The van der Waals surface area contributed by atoms with Gasteiger partial charge in [0.05, 0.1) is 6.61 Å². The number of nitrogens with one attached hydrogen (secondary N) is 1. The zero-order chi connectivity index (χ0) is 10.4. The molecule has 0 aromatic rings. The summed E-state index contributed by atoms with van der Waals surface area (Å²) in [6.07, 6.45) is 7.34. The lowest BCUT2D eigenvalue weighted by Crippen LogP contribution is -2.51. The molecule has 0 spiro atoms. The van der Waals surface area contributed by atoms with E-state index in [9.17, 15) is 5.11 Å². The van der Waals surface area contributed by atoms with Crippen molar-refractivity contribution in [3.63, 3.8) is 0 Å². The quantitative estimate of drug-likeness (QED) is 0.666. The third-order valence-electron chi connectivity index (χ3n) is 3.42. The number of aliphatic hydroxyl groups is 1. The van der Waals surface area contributed by atoms with Crippen molar-refractivity contribution in [3.8, 4) is 0 Å². The first-order chi connectivity index (χ1) is 6.72. The van der Waals surface area contributed by atoms with Crippen LogP contribution in [0.15, 0.2) is 0 Å². The molecule has 2 nitrogen and oxygen atoms in total. The van der Waals surface area contributed by atoms with E-state index in [-0.39, 0.29) is 5.54 Å². The van der Waals surface area contributed by atoms with Gasteiger partial charge in [0.25, 0.3) is 0 Å². The van der Waals surface area contributed by atoms with Crippen molar-refractivity contribution in [2.45, 2.75) is 57.9 Å². The van der Waals surface area contributed by atoms with Gasteiger partial charge in [-0.1, -0.05) is 33.1 Å². The Bertz CT molecular complexity index is 160. The molecule has 0 radical (unpaired) electrons.